The van der Waals surface area contributed by atoms with E-state index in [2.05, 4.69) is 15.9 Å². The van der Waals surface area contributed by atoms with Gasteiger partial charge in [0.1, 0.15) is 5.82 Å². The minimum absolute atomic E-state index is 0.0450. The average Bonchev–Trinajstić information content (AvgIpc) is 2.48. The van der Waals surface area contributed by atoms with E-state index >= 15 is 0 Å². The maximum atomic E-state index is 13.1. The standard InChI is InChI=1S/C8H3BrFNO2S/c9-5-2-8-4(1-6(5)10)7(3-14-8)11(12)13/h1-3H. The molecule has 14 heavy (non-hydrogen) atoms. The Balaban J connectivity index is 2.80. The van der Waals surface area contributed by atoms with Crippen molar-refractivity contribution in [3.8, 4) is 0 Å². The first-order valence-electron chi connectivity index (χ1n) is 3.60. The number of hydrogen-bond acceptors (Lipinski definition) is 3. The summed E-state index contributed by atoms with van der Waals surface area (Å²) in [7, 11) is 0. The monoisotopic (exact) mass is 275 g/mol. The molecule has 2 aromatic rings. The summed E-state index contributed by atoms with van der Waals surface area (Å²) in [6, 6.07) is 2.72. The number of halogens is 2. The van der Waals surface area contributed by atoms with Crippen LogP contribution in [0.25, 0.3) is 10.1 Å². The molecule has 3 nitrogen and oxygen atoms in total. The fourth-order valence-corrected chi connectivity index (χ4v) is 2.57. The Morgan fingerprint density at radius 2 is 2.21 bits per heavy atom. The van der Waals surface area contributed by atoms with Crippen LogP contribution < -0.4 is 0 Å². The summed E-state index contributed by atoms with van der Waals surface area (Å²) < 4.78 is 14.1. The Morgan fingerprint density at radius 1 is 1.50 bits per heavy atom. The Labute approximate surface area is 90.4 Å². The molecular weight excluding hydrogens is 273 g/mol. The van der Waals surface area contributed by atoms with Crippen molar-refractivity contribution in [3.63, 3.8) is 0 Å². The fraction of sp³-hybridized carbons (Fsp3) is 0. The molecule has 0 amide bonds. The van der Waals surface area contributed by atoms with E-state index < -0.39 is 10.7 Å². The summed E-state index contributed by atoms with van der Waals surface area (Å²) in [6.07, 6.45) is 0. The zero-order valence-corrected chi connectivity index (χ0v) is 9.06. The molecule has 0 N–H and O–H groups in total. The topological polar surface area (TPSA) is 43.1 Å². The van der Waals surface area contributed by atoms with Crippen molar-refractivity contribution < 1.29 is 9.31 Å². The molecule has 2 rings (SSSR count). The molecule has 1 heterocycles. The lowest BCUT2D eigenvalue weighted by Gasteiger charge is -1.94. The maximum Gasteiger partial charge on any atom is 0.287 e. The minimum atomic E-state index is -0.508. The Hall–Kier alpha value is -1.01. The average molecular weight is 276 g/mol. The van der Waals surface area contributed by atoms with E-state index in [0.29, 0.717) is 14.6 Å². The number of fused-ring (bicyclic) bond motifs is 1. The number of hydrogen-bond donors (Lipinski definition) is 0. The lowest BCUT2D eigenvalue weighted by Crippen LogP contribution is -1.85. The largest absolute Gasteiger partial charge is 0.287 e. The third-order valence-electron chi connectivity index (χ3n) is 1.79. The highest BCUT2D eigenvalue weighted by atomic mass is 79.9. The second-order valence-electron chi connectivity index (χ2n) is 2.64. The van der Waals surface area contributed by atoms with Gasteiger partial charge in [-0.05, 0) is 28.1 Å². The van der Waals surface area contributed by atoms with E-state index in [1.54, 1.807) is 6.07 Å². The molecule has 0 atom stereocenters. The van der Waals surface area contributed by atoms with Gasteiger partial charge < -0.3 is 0 Å². The molecule has 0 aliphatic carbocycles. The molecule has 0 fully saturated rings. The van der Waals surface area contributed by atoms with Crippen LogP contribution in [-0.2, 0) is 0 Å². The van der Waals surface area contributed by atoms with Crippen molar-refractivity contribution in [2.24, 2.45) is 0 Å². The summed E-state index contributed by atoms with van der Waals surface area (Å²) >= 11 is 4.25. The Morgan fingerprint density at radius 3 is 2.86 bits per heavy atom. The van der Waals surface area contributed by atoms with E-state index in [0.717, 1.165) is 0 Å². The molecule has 0 aliphatic rings. The number of thiophene rings is 1. The highest BCUT2D eigenvalue weighted by Crippen LogP contribution is 2.34. The smallest absolute Gasteiger partial charge is 0.258 e. The van der Waals surface area contributed by atoms with E-state index in [4.69, 9.17) is 0 Å². The van der Waals surface area contributed by atoms with Gasteiger partial charge in [-0.3, -0.25) is 10.1 Å². The normalized spacial score (nSPS) is 10.7. The molecule has 1 aromatic heterocycles. The van der Waals surface area contributed by atoms with Crippen LogP contribution in [0.15, 0.2) is 22.0 Å². The quantitative estimate of drug-likeness (QED) is 0.588. The van der Waals surface area contributed by atoms with Crippen molar-refractivity contribution in [2.75, 3.05) is 0 Å². The van der Waals surface area contributed by atoms with Gasteiger partial charge in [0.25, 0.3) is 5.69 Å². The van der Waals surface area contributed by atoms with Gasteiger partial charge in [-0.1, -0.05) is 0 Å². The number of nitrogens with zero attached hydrogens (tertiary/aromatic N) is 1. The van der Waals surface area contributed by atoms with Crippen LogP contribution in [0.2, 0.25) is 0 Å². The summed E-state index contributed by atoms with van der Waals surface area (Å²) in [5, 5.41) is 12.3. The maximum absolute atomic E-state index is 13.1. The van der Waals surface area contributed by atoms with E-state index in [-0.39, 0.29) is 5.69 Å². The summed E-state index contributed by atoms with van der Waals surface area (Å²) in [4.78, 5) is 10.0. The molecule has 1 aromatic carbocycles. The second-order valence-corrected chi connectivity index (χ2v) is 4.41. The lowest BCUT2D eigenvalue weighted by molar-refractivity contribution is -0.382. The van der Waals surface area contributed by atoms with Gasteiger partial charge in [0.15, 0.2) is 0 Å². The van der Waals surface area contributed by atoms with Crippen LogP contribution in [0, 0.1) is 15.9 Å². The molecule has 0 spiro atoms. The van der Waals surface area contributed by atoms with Crippen molar-refractivity contribution in [2.45, 2.75) is 0 Å². The molecule has 0 aliphatic heterocycles. The second kappa shape index (κ2) is 3.29. The predicted octanol–water partition coefficient (Wildman–Crippen LogP) is 3.71. The van der Waals surface area contributed by atoms with Gasteiger partial charge >= 0.3 is 0 Å². The summed E-state index contributed by atoms with van der Waals surface area (Å²) in [5.41, 5.74) is -0.0450. The van der Waals surface area contributed by atoms with Crippen molar-refractivity contribution in [1.29, 1.82) is 0 Å². The highest BCUT2D eigenvalue weighted by molar-refractivity contribution is 9.10. The van der Waals surface area contributed by atoms with Gasteiger partial charge in [0.05, 0.1) is 20.2 Å². The minimum Gasteiger partial charge on any atom is -0.258 e. The summed E-state index contributed by atoms with van der Waals surface area (Å²) in [6.45, 7) is 0. The molecule has 0 radical (unpaired) electrons. The first-order valence-corrected chi connectivity index (χ1v) is 5.27. The fourth-order valence-electron chi connectivity index (χ4n) is 1.15. The molecular formula is C8H3BrFNO2S. The van der Waals surface area contributed by atoms with E-state index in [1.165, 1.54) is 22.8 Å². The van der Waals surface area contributed by atoms with Crippen molar-refractivity contribution in [1.82, 2.24) is 0 Å². The van der Waals surface area contributed by atoms with Crippen LogP contribution in [0.3, 0.4) is 0 Å². The number of rotatable bonds is 1. The van der Waals surface area contributed by atoms with Crippen LogP contribution in [0.5, 0.6) is 0 Å². The molecule has 0 bridgehead atoms. The zero-order valence-electron chi connectivity index (χ0n) is 6.66. The van der Waals surface area contributed by atoms with E-state index in [9.17, 15) is 14.5 Å². The lowest BCUT2D eigenvalue weighted by atomic mass is 10.2. The van der Waals surface area contributed by atoms with Gasteiger partial charge in [0, 0.05) is 4.70 Å². The van der Waals surface area contributed by atoms with Crippen molar-refractivity contribution >= 4 is 43.0 Å². The molecule has 0 saturated heterocycles. The van der Waals surface area contributed by atoms with Crippen molar-refractivity contribution in [3.05, 3.63) is 37.9 Å². The molecule has 72 valence electrons. The van der Waals surface area contributed by atoms with Crippen LogP contribution in [0.1, 0.15) is 0 Å². The SMILES string of the molecule is O=[N+]([O-])c1csc2cc(Br)c(F)cc12. The van der Waals surface area contributed by atoms with Gasteiger partial charge in [-0.2, -0.15) is 0 Å². The van der Waals surface area contributed by atoms with E-state index in [1.807, 2.05) is 0 Å². The number of benzene rings is 1. The highest BCUT2D eigenvalue weighted by Gasteiger charge is 2.15. The first kappa shape index (κ1) is 9.54. The Bertz CT molecular complexity index is 525. The molecule has 0 unspecified atom stereocenters. The van der Waals surface area contributed by atoms with Crippen LogP contribution in [0.4, 0.5) is 10.1 Å². The first-order chi connectivity index (χ1) is 6.59. The molecule has 0 saturated carbocycles. The molecule has 6 heteroatoms. The number of nitro groups is 1. The third-order valence-corrected chi connectivity index (χ3v) is 3.33. The van der Waals surface area contributed by atoms with Gasteiger partial charge in [-0.25, -0.2) is 4.39 Å². The van der Waals surface area contributed by atoms with Crippen LogP contribution >= 0.6 is 27.3 Å². The van der Waals surface area contributed by atoms with Crippen LogP contribution in [-0.4, -0.2) is 4.92 Å². The van der Waals surface area contributed by atoms with Gasteiger partial charge in [-0.15, -0.1) is 11.3 Å². The summed E-state index contributed by atoms with van der Waals surface area (Å²) in [5.74, 6) is -0.487. The van der Waals surface area contributed by atoms with Gasteiger partial charge in [0.2, 0.25) is 0 Å². The Kier molecular flexibility index (Phi) is 2.24. The third kappa shape index (κ3) is 1.40. The zero-order chi connectivity index (χ0) is 10.3. The predicted molar refractivity (Wildman–Crippen MR) is 56.1 cm³/mol.